The van der Waals surface area contributed by atoms with E-state index in [2.05, 4.69) is 10.1 Å². The zero-order valence-corrected chi connectivity index (χ0v) is 17.2. The van der Waals surface area contributed by atoms with Crippen LogP contribution in [0.25, 0.3) is 16.8 Å². The molecule has 8 heteroatoms. The van der Waals surface area contributed by atoms with E-state index >= 15 is 0 Å². The molecule has 0 aliphatic rings. The number of hydrogen-bond acceptors (Lipinski definition) is 7. The molecule has 1 N–H and O–H groups in total. The molecule has 4 aromatic rings. The van der Waals surface area contributed by atoms with Gasteiger partial charge >= 0.3 is 5.97 Å². The highest BCUT2D eigenvalue weighted by atomic mass is 32.2. The number of benzene rings is 2. The number of hydrogen-bond donors (Lipinski definition) is 1. The Labute approximate surface area is 177 Å². The normalized spacial score (nSPS) is 10.9. The van der Waals surface area contributed by atoms with Crippen LogP contribution in [0.3, 0.4) is 0 Å². The first kappa shape index (κ1) is 19.8. The van der Waals surface area contributed by atoms with E-state index < -0.39 is 5.97 Å². The van der Waals surface area contributed by atoms with Crippen molar-refractivity contribution in [3.05, 3.63) is 66.5 Å². The van der Waals surface area contributed by atoms with Gasteiger partial charge in [0.05, 0.1) is 24.8 Å². The monoisotopic (exact) mass is 421 g/mol. The molecule has 0 radical (unpaired) electrons. The molecule has 2 aromatic carbocycles. The van der Waals surface area contributed by atoms with Crippen LogP contribution in [0.4, 0.5) is 0 Å². The van der Waals surface area contributed by atoms with E-state index in [0.29, 0.717) is 17.0 Å². The van der Waals surface area contributed by atoms with Gasteiger partial charge in [0.1, 0.15) is 11.3 Å². The van der Waals surface area contributed by atoms with Crippen LogP contribution in [0.5, 0.6) is 11.6 Å². The smallest absolute Gasteiger partial charge is 0.345 e. The molecule has 0 bridgehead atoms. The van der Waals surface area contributed by atoms with Crippen molar-refractivity contribution in [1.82, 2.24) is 14.6 Å². The average Bonchev–Trinajstić information content (AvgIpc) is 3.20. The molecule has 0 spiro atoms. The molecule has 0 saturated carbocycles. The number of carbonyl (C=O) groups excluding carboxylic acids is 1. The molecule has 4 rings (SSSR count). The lowest BCUT2D eigenvalue weighted by Gasteiger charge is -2.10. The van der Waals surface area contributed by atoms with E-state index in [1.807, 2.05) is 48.5 Å². The molecule has 0 amide bonds. The summed E-state index contributed by atoms with van der Waals surface area (Å²) in [6.45, 7) is 1.90. The topological polar surface area (TPSA) is 86.0 Å². The lowest BCUT2D eigenvalue weighted by Crippen LogP contribution is -2.08. The second-order valence-corrected chi connectivity index (χ2v) is 7.41. The van der Waals surface area contributed by atoms with Crippen molar-refractivity contribution in [2.75, 3.05) is 13.7 Å². The van der Waals surface area contributed by atoms with Gasteiger partial charge in [0.25, 0.3) is 0 Å². The Kier molecular flexibility index (Phi) is 5.58. The summed E-state index contributed by atoms with van der Waals surface area (Å²) < 4.78 is 11.8. The number of carbonyl (C=O) groups is 1. The van der Waals surface area contributed by atoms with Crippen LogP contribution in [0.15, 0.2) is 70.7 Å². The van der Waals surface area contributed by atoms with E-state index in [4.69, 9.17) is 9.47 Å². The molecule has 2 aromatic heterocycles. The SMILES string of the molecule is CCOC(=O)c1cnc2c(-c3ccc(Sc4ccccc4)c(OC)c3)cnn2c1O. The van der Waals surface area contributed by atoms with Crippen LogP contribution in [0.2, 0.25) is 0 Å². The Morgan fingerprint density at radius 3 is 2.70 bits per heavy atom. The van der Waals surface area contributed by atoms with Gasteiger partial charge in [-0.2, -0.15) is 9.61 Å². The fourth-order valence-electron chi connectivity index (χ4n) is 3.01. The van der Waals surface area contributed by atoms with Gasteiger partial charge in [0.2, 0.25) is 5.88 Å². The molecule has 7 nitrogen and oxygen atoms in total. The molecule has 0 unspecified atom stereocenters. The fraction of sp³-hybridized carbons (Fsp3) is 0.136. The van der Waals surface area contributed by atoms with Gasteiger partial charge in [-0.1, -0.05) is 36.0 Å². The van der Waals surface area contributed by atoms with Crippen LogP contribution in [0.1, 0.15) is 17.3 Å². The Bertz CT molecular complexity index is 1210. The van der Waals surface area contributed by atoms with E-state index in [1.165, 1.54) is 10.7 Å². The minimum Gasteiger partial charge on any atom is -0.496 e. The van der Waals surface area contributed by atoms with E-state index in [0.717, 1.165) is 15.4 Å². The molecule has 30 heavy (non-hydrogen) atoms. The van der Waals surface area contributed by atoms with Crippen molar-refractivity contribution in [1.29, 1.82) is 0 Å². The lowest BCUT2D eigenvalue weighted by molar-refractivity contribution is 0.0521. The number of esters is 1. The number of methoxy groups -OCH3 is 1. The van der Waals surface area contributed by atoms with Crippen molar-refractivity contribution in [2.45, 2.75) is 16.7 Å². The summed E-state index contributed by atoms with van der Waals surface area (Å²) in [5, 5.41) is 14.6. The van der Waals surface area contributed by atoms with Gasteiger partial charge in [0.15, 0.2) is 5.65 Å². The summed E-state index contributed by atoms with van der Waals surface area (Å²) in [5.41, 5.74) is 1.92. The first-order valence-corrected chi connectivity index (χ1v) is 10.1. The molecule has 0 aliphatic carbocycles. The summed E-state index contributed by atoms with van der Waals surface area (Å²) in [6, 6.07) is 15.9. The van der Waals surface area contributed by atoms with Gasteiger partial charge in [-0.3, -0.25) is 0 Å². The fourth-order valence-corrected chi connectivity index (χ4v) is 3.94. The van der Waals surface area contributed by atoms with Crippen molar-refractivity contribution in [3.8, 4) is 22.8 Å². The molecule has 2 heterocycles. The molecular weight excluding hydrogens is 402 g/mol. The summed E-state index contributed by atoms with van der Waals surface area (Å²) in [6.07, 6.45) is 2.89. The number of aromatic hydroxyl groups is 1. The van der Waals surface area contributed by atoms with E-state index in [-0.39, 0.29) is 18.1 Å². The van der Waals surface area contributed by atoms with Crippen LogP contribution in [0, 0.1) is 0 Å². The van der Waals surface area contributed by atoms with Crippen molar-refractivity contribution >= 4 is 23.4 Å². The predicted octanol–water partition coefficient (Wildman–Crippen LogP) is 4.44. The molecule has 152 valence electrons. The minimum atomic E-state index is -0.648. The summed E-state index contributed by atoms with van der Waals surface area (Å²) in [7, 11) is 1.62. The van der Waals surface area contributed by atoms with Crippen LogP contribution >= 0.6 is 11.8 Å². The van der Waals surface area contributed by atoms with Gasteiger partial charge in [0, 0.05) is 16.7 Å². The van der Waals surface area contributed by atoms with Crippen LogP contribution < -0.4 is 4.74 Å². The maximum Gasteiger partial charge on any atom is 0.345 e. The molecular formula is C22H19N3O4S. The van der Waals surface area contributed by atoms with Gasteiger partial charge in [-0.25, -0.2) is 9.78 Å². The lowest BCUT2D eigenvalue weighted by atomic mass is 10.1. The number of nitrogens with zero attached hydrogens (tertiary/aromatic N) is 3. The standard InChI is InChI=1S/C22H19N3O4S/c1-3-29-22(27)17-12-23-20-16(13-24-25(20)21(17)26)14-9-10-19(18(11-14)28-2)30-15-7-5-4-6-8-15/h4-13,26H,3H2,1-2H3. The maximum absolute atomic E-state index is 12.0. The van der Waals surface area contributed by atoms with Gasteiger partial charge < -0.3 is 14.6 Å². The zero-order valence-electron chi connectivity index (χ0n) is 16.4. The molecule has 0 saturated heterocycles. The summed E-state index contributed by atoms with van der Waals surface area (Å²) in [5.74, 6) is -0.244. The first-order chi connectivity index (χ1) is 14.6. The Balaban J connectivity index is 1.72. The number of aromatic nitrogens is 3. The van der Waals surface area contributed by atoms with Crippen molar-refractivity contribution in [2.24, 2.45) is 0 Å². The van der Waals surface area contributed by atoms with Gasteiger partial charge in [-0.05, 0) is 36.8 Å². The predicted molar refractivity (Wildman–Crippen MR) is 113 cm³/mol. The molecule has 0 fully saturated rings. The third-order valence-electron chi connectivity index (χ3n) is 4.44. The minimum absolute atomic E-state index is 0.0359. The van der Waals surface area contributed by atoms with Gasteiger partial charge in [-0.15, -0.1) is 0 Å². The Morgan fingerprint density at radius 2 is 1.97 bits per heavy atom. The largest absolute Gasteiger partial charge is 0.496 e. The van der Waals surface area contributed by atoms with Crippen molar-refractivity contribution < 1.29 is 19.4 Å². The van der Waals surface area contributed by atoms with E-state index in [9.17, 15) is 9.90 Å². The average molecular weight is 421 g/mol. The first-order valence-electron chi connectivity index (χ1n) is 9.26. The number of rotatable bonds is 6. The number of ether oxygens (including phenoxy) is 2. The Hall–Kier alpha value is -3.52. The number of fused-ring (bicyclic) bond motifs is 1. The van der Waals surface area contributed by atoms with Crippen LogP contribution in [-0.2, 0) is 4.74 Å². The maximum atomic E-state index is 12.0. The second-order valence-electron chi connectivity index (χ2n) is 6.29. The third kappa shape index (κ3) is 3.69. The zero-order chi connectivity index (χ0) is 21.1. The van der Waals surface area contributed by atoms with Crippen molar-refractivity contribution in [3.63, 3.8) is 0 Å². The highest BCUT2D eigenvalue weighted by Crippen LogP contribution is 2.38. The molecule has 0 aliphatic heterocycles. The molecule has 0 atom stereocenters. The highest BCUT2D eigenvalue weighted by Gasteiger charge is 2.20. The quantitative estimate of drug-likeness (QED) is 0.461. The highest BCUT2D eigenvalue weighted by molar-refractivity contribution is 7.99. The van der Waals surface area contributed by atoms with E-state index in [1.54, 1.807) is 32.0 Å². The Morgan fingerprint density at radius 1 is 1.17 bits per heavy atom. The second kappa shape index (κ2) is 8.46. The summed E-state index contributed by atoms with van der Waals surface area (Å²) >= 11 is 1.61. The third-order valence-corrected chi connectivity index (χ3v) is 5.51. The van der Waals surface area contributed by atoms with Crippen LogP contribution in [-0.4, -0.2) is 39.4 Å². The summed E-state index contributed by atoms with van der Waals surface area (Å²) in [4.78, 5) is 18.4.